The van der Waals surface area contributed by atoms with Crippen LogP contribution in [0.4, 0.5) is 0 Å². The van der Waals surface area contributed by atoms with E-state index in [0.29, 0.717) is 38.5 Å². The molecule has 46 heavy (non-hydrogen) atoms. The normalized spacial score (nSPS) is 15.9. The van der Waals surface area contributed by atoms with Crippen molar-refractivity contribution in [2.75, 3.05) is 20.2 Å². The number of carbonyl (C=O) groups excluding carboxylic acids is 6. The van der Waals surface area contributed by atoms with E-state index in [1.54, 1.807) is 6.92 Å². The molecule has 4 amide bonds. The van der Waals surface area contributed by atoms with Gasteiger partial charge in [-0.15, -0.1) is 0 Å². The molecule has 0 saturated heterocycles. The van der Waals surface area contributed by atoms with Gasteiger partial charge in [-0.25, -0.2) is 0 Å². The average Bonchev–Trinajstić information content (AvgIpc) is 2.99. The quantitative estimate of drug-likeness (QED) is 0.0664. The Labute approximate surface area is 275 Å². The van der Waals surface area contributed by atoms with E-state index in [1.807, 2.05) is 48.5 Å². The molecule has 266 valence electrons. The maximum Gasteiger partial charge on any atom is 0.305 e. The molecule has 0 aromatic heterocycles. The third kappa shape index (κ3) is 15.5. The summed E-state index contributed by atoms with van der Waals surface area (Å²) >= 11 is 0. The first-order valence-electron chi connectivity index (χ1n) is 16.7. The fourth-order valence-corrected chi connectivity index (χ4v) is 5.10. The molecule has 0 saturated carbocycles. The van der Waals surface area contributed by atoms with Crippen LogP contribution in [-0.2, 0) is 33.5 Å². The number of carbonyl (C=O) groups is 6. The maximum atomic E-state index is 13.6. The van der Waals surface area contributed by atoms with Gasteiger partial charge < -0.3 is 41.2 Å². The SMILES string of the molecule is CCC[C@H](NC[C@](C=O)(NC(=O)CCCC(=O)OC)[C@@H](C)CC)C(=O)N[C@@H](CC(C)C)[C@@H](O)CC(=O)N[C@H](C(=O)NCC)C(C)C. The summed E-state index contributed by atoms with van der Waals surface area (Å²) in [6.07, 6.45) is 1.59. The van der Waals surface area contributed by atoms with E-state index in [0.717, 1.165) is 0 Å². The van der Waals surface area contributed by atoms with Crippen molar-refractivity contribution in [3.05, 3.63) is 0 Å². The fraction of sp³-hybridized carbons (Fsp3) is 0.818. The van der Waals surface area contributed by atoms with Crippen LogP contribution >= 0.6 is 0 Å². The smallest absolute Gasteiger partial charge is 0.305 e. The van der Waals surface area contributed by atoms with Crippen molar-refractivity contribution >= 4 is 35.9 Å². The molecule has 0 radical (unpaired) electrons. The van der Waals surface area contributed by atoms with E-state index in [4.69, 9.17) is 0 Å². The Bertz CT molecular complexity index is 976. The van der Waals surface area contributed by atoms with Gasteiger partial charge in [-0.3, -0.25) is 24.0 Å². The van der Waals surface area contributed by atoms with E-state index in [-0.39, 0.29) is 61.8 Å². The Morgan fingerprint density at radius 2 is 1.57 bits per heavy atom. The van der Waals surface area contributed by atoms with Gasteiger partial charge in [-0.1, -0.05) is 61.3 Å². The highest BCUT2D eigenvalue weighted by molar-refractivity contribution is 5.88. The molecule has 0 heterocycles. The predicted octanol–water partition coefficient (Wildman–Crippen LogP) is 1.75. The first-order chi connectivity index (χ1) is 21.6. The zero-order chi connectivity index (χ0) is 35.4. The van der Waals surface area contributed by atoms with Crippen LogP contribution < -0.4 is 26.6 Å². The number of likely N-dealkylation sites (N-methyl/N-ethyl adjacent to an activating group) is 1. The topological polar surface area (TPSA) is 192 Å². The zero-order valence-corrected chi connectivity index (χ0v) is 29.5. The Kier molecular flexibility index (Phi) is 21.0. The third-order valence-electron chi connectivity index (χ3n) is 8.15. The molecule has 6 atom stereocenters. The Morgan fingerprint density at radius 1 is 0.913 bits per heavy atom. The molecule has 6 N–H and O–H groups in total. The number of rotatable bonds is 24. The number of nitrogens with one attached hydrogen (secondary N) is 5. The first-order valence-corrected chi connectivity index (χ1v) is 16.7. The molecule has 0 aliphatic carbocycles. The Morgan fingerprint density at radius 3 is 2.07 bits per heavy atom. The highest BCUT2D eigenvalue weighted by atomic mass is 16.5. The lowest BCUT2D eigenvalue weighted by Crippen LogP contribution is -2.62. The number of aliphatic hydroxyl groups excluding tert-OH is 1. The standard InChI is InChI=1S/C33H61N5O8/c1-10-14-24(35-19-33(20-39,23(8)11-2)38-27(41)15-13-16-29(43)46-9)31(44)36-25(17-21(4)5)26(40)18-28(42)37-30(22(6)7)32(45)34-12-3/h20-26,30,35,40H,10-19H2,1-9H3,(H,34,45)(H,36,44)(H,37,42)(H,38,41)/t23-,24-,25-,26-,30-,33+/m0/s1. The highest BCUT2D eigenvalue weighted by Crippen LogP contribution is 2.20. The lowest BCUT2D eigenvalue weighted by Gasteiger charge is -2.36. The molecule has 0 unspecified atom stereocenters. The number of ether oxygens (including phenoxy) is 1. The van der Waals surface area contributed by atoms with Crippen molar-refractivity contribution in [3.8, 4) is 0 Å². The lowest BCUT2D eigenvalue weighted by atomic mass is 9.83. The van der Waals surface area contributed by atoms with Crippen molar-refractivity contribution in [2.45, 2.75) is 137 Å². The number of amides is 4. The number of esters is 1. The molecule has 0 aliphatic rings. The molecule has 0 spiro atoms. The molecular formula is C33H61N5O8. The van der Waals surface area contributed by atoms with Gasteiger partial charge in [-0.05, 0) is 43.9 Å². The minimum Gasteiger partial charge on any atom is -0.469 e. The average molecular weight is 656 g/mol. The summed E-state index contributed by atoms with van der Waals surface area (Å²) in [6, 6.07) is -2.25. The van der Waals surface area contributed by atoms with Gasteiger partial charge in [0.15, 0.2) is 0 Å². The summed E-state index contributed by atoms with van der Waals surface area (Å²) in [5, 5.41) is 25.4. The third-order valence-corrected chi connectivity index (χ3v) is 8.15. The number of hydrogen-bond acceptors (Lipinski definition) is 9. The van der Waals surface area contributed by atoms with Crippen molar-refractivity contribution in [1.82, 2.24) is 26.6 Å². The van der Waals surface area contributed by atoms with Crippen molar-refractivity contribution < 1.29 is 38.6 Å². The van der Waals surface area contributed by atoms with Gasteiger partial charge in [-0.2, -0.15) is 0 Å². The van der Waals surface area contributed by atoms with Crippen LogP contribution in [0, 0.1) is 17.8 Å². The Balaban J connectivity index is 5.75. The Hall–Kier alpha value is -3.06. The lowest BCUT2D eigenvalue weighted by molar-refractivity contribution is -0.141. The summed E-state index contributed by atoms with van der Waals surface area (Å²) in [7, 11) is 1.28. The molecule has 0 aromatic carbocycles. The summed E-state index contributed by atoms with van der Waals surface area (Å²) in [5.41, 5.74) is -1.30. The van der Waals surface area contributed by atoms with E-state index < -0.39 is 47.6 Å². The van der Waals surface area contributed by atoms with Crippen LogP contribution in [0.3, 0.4) is 0 Å². The van der Waals surface area contributed by atoms with Crippen LogP contribution in [0.1, 0.15) is 107 Å². The van der Waals surface area contributed by atoms with Crippen LogP contribution in [0.25, 0.3) is 0 Å². The first kappa shape index (κ1) is 42.9. The van der Waals surface area contributed by atoms with E-state index in [1.165, 1.54) is 7.11 Å². The number of aliphatic hydroxyl groups is 1. The van der Waals surface area contributed by atoms with Gasteiger partial charge in [0.25, 0.3) is 0 Å². The molecule has 13 nitrogen and oxygen atoms in total. The second-order valence-electron chi connectivity index (χ2n) is 12.9. The van der Waals surface area contributed by atoms with Crippen molar-refractivity contribution in [3.63, 3.8) is 0 Å². The summed E-state index contributed by atoms with van der Waals surface area (Å²) in [5.74, 6) is -2.37. The molecule has 0 rings (SSSR count). The van der Waals surface area contributed by atoms with E-state index >= 15 is 0 Å². The summed E-state index contributed by atoms with van der Waals surface area (Å²) < 4.78 is 4.62. The second kappa shape index (κ2) is 22.5. The molecular weight excluding hydrogens is 594 g/mol. The van der Waals surface area contributed by atoms with Crippen LogP contribution in [0.5, 0.6) is 0 Å². The maximum absolute atomic E-state index is 13.6. The highest BCUT2D eigenvalue weighted by Gasteiger charge is 2.38. The van der Waals surface area contributed by atoms with Gasteiger partial charge in [0, 0.05) is 25.9 Å². The fourth-order valence-electron chi connectivity index (χ4n) is 5.10. The van der Waals surface area contributed by atoms with Crippen molar-refractivity contribution in [1.29, 1.82) is 0 Å². The van der Waals surface area contributed by atoms with Crippen LogP contribution in [0.2, 0.25) is 0 Å². The van der Waals surface area contributed by atoms with Gasteiger partial charge >= 0.3 is 5.97 Å². The van der Waals surface area contributed by atoms with Crippen LogP contribution in [0.15, 0.2) is 0 Å². The number of methoxy groups -OCH3 is 1. The van der Waals surface area contributed by atoms with E-state index in [2.05, 4.69) is 31.3 Å². The summed E-state index contributed by atoms with van der Waals surface area (Å²) in [6.45, 7) is 15.4. The molecule has 0 bridgehead atoms. The zero-order valence-electron chi connectivity index (χ0n) is 29.5. The molecule has 0 aliphatic heterocycles. The minimum atomic E-state index is -1.30. The van der Waals surface area contributed by atoms with Gasteiger partial charge in [0.2, 0.25) is 23.6 Å². The number of aldehydes is 1. The molecule has 13 heteroatoms. The summed E-state index contributed by atoms with van der Waals surface area (Å²) in [4.78, 5) is 75.6. The second-order valence-corrected chi connectivity index (χ2v) is 12.9. The van der Waals surface area contributed by atoms with Crippen LogP contribution in [-0.4, -0.2) is 91.0 Å². The number of hydrogen-bond donors (Lipinski definition) is 6. The van der Waals surface area contributed by atoms with E-state index in [9.17, 15) is 33.9 Å². The largest absolute Gasteiger partial charge is 0.469 e. The molecule has 0 aromatic rings. The van der Waals surface area contributed by atoms with Gasteiger partial charge in [0.1, 0.15) is 17.9 Å². The van der Waals surface area contributed by atoms with Crippen molar-refractivity contribution in [2.24, 2.45) is 17.8 Å². The van der Waals surface area contributed by atoms with Gasteiger partial charge in [0.05, 0.1) is 31.7 Å². The predicted molar refractivity (Wildman–Crippen MR) is 176 cm³/mol. The monoisotopic (exact) mass is 655 g/mol. The molecule has 0 fully saturated rings. The minimum absolute atomic E-state index is 0.0114.